The Morgan fingerprint density at radius 2 is 1.90 bits per heavy atom. The van der Waals surface area contributed by atoms with Crippen LogP contribution in [0, 0.1) is 36.4 Å². The number of nitrogens with zero attached hydrogens (tertiary/aromatic N) is 3. The molecular weight excluding hydrogens is 393 g/mol. The van der Waals surface area contributed by atoms with Crippen LogP contribution in [0.3, 0.4) is 0 Å². The van der Waals surface area contributed by atoms with Crippen LogP contribution in [0.1, 0.15) is 53.6 Å². The van der Waals surface area contributed by atoms with E-state index in [9.17, 15) is 9.18 Å². The summed E-state index contributed by atoms with van der Waals surface area (Å²) in [5, 5.41) is 0. The molecule has 164 valence electrons. The molecule has 0 spiro atoms. The lowest BCUT2D eigenvalue weighted by molar-refractivity contribution is 0.0961. The highest BCUT2D eigenvalue weighted by Gasteiger charge is 2.43. The molecule has 1 saturated heterocycles. The summed E-state index contributed by atoms with van der Waals surface area (Å²) in [6.45, 7) is 5.18. The molecule has 2 aromatic rings. The minimum atomic E-state index is -0.411. The molecule has 6 heteroatoms. The summed E-state index contributed by atoms with van der Waals surface area (Å²) < 4.78 is 20.2. The van der Waals surface area contributed by atoms with E-state index in [0.29, 0.717) is 12.5 Å². The van der Waals surface area contributed by atoms with Crippen molar-refractivity contribution in [2.45, 2.75) is 45.6 Å². The summed E-state index contributed by atoms with van der Waals surface area (Å²) >= 11 is 0. The number of benzene rings is 1. The summed E-state index contributed by atoms with van der Waals surface area (Å²) in [5.41, 5.74) is 2.12. The predicted molar refractivity (Wildman–Crippen MR) is 116 cm³/mol. The first kappa shape index (κ1) is 20.6. The highest BCUT2D eigenvalue weighted by atomic mass is 19.1. The second kappa shape index (κ2) is 8.65. The Labute approximate surface area is 183 Å². The van der Waals surface area contributed by atoms with E-state index in [0.717, 1.165) is 61.4 Å². The molecule has 0 N–H and O–H groups in total. The van der Waals surface area contributed by atoms with E-state index in [4.69, 9.17) is 4.74 Å². The number of rotatable bonds is 8. The van der Waals surface area contributed by atoms with Crippen LogP contribution in [0.4, 0.5) is 10.3 Å². The molecule has 3 aliphatic rings. The smallest absolute Gasteiger partial charge is 0.225 e. The third kappa shape index (κ3) is 4.79. The average molecular weight is 424 g/mol. The van der Waals surface area contributed by atoms with Crippen LogP contribution < -0.4 is 4.90 Å². The van der Waals surface area contributed by atoms with Crippen LogP contribution in [0.25, 0.3) is 0 Å². The maximum absolute atomic E-state index is 14.3. The Balaban J connectivity index is 1.04. The molecule has 0 bridgehead atoms. The Kier molecular flexibility index (Phi) is 5.74. The fourth-order valence-electron chi connectivity index (χ4n) is 4.86. The fourth-order valence-corrected chi connectivity index (χ4v) is 4.86. The summed E-state index contributed by atoms with van der Waals surface area (Å²) in [6, 6.07) is 4.91. The van der Waals surface area contributed by atoms with Gasteiger partial charge in [-0.25, -0.2) is 14.4 Å². The third-order valence-electron chi connectivity index (χ3n) is 7.02. The van der Waals surface area contributed by atoms with Gasteiger partial charge in [0, 0.05) is 31.4 Å². The van der Waals surface area contributed by atoms with Crippen LogP contribution in [0.5, 0.6) is 0 Å². The molecule has 2 saturated carbocycles. The fraction of sp³-hybridized carbons (Fsp3) is 0.560. The van der Waals surface area contributed by atoms with E-state index in [1.54, 1.807) is 6.07 Å². The largest absolute Gasteiger partial charge is 0.376 e. The Morgan fingerprint density at radius 1 is 1.16 bits per heavy atom. The first-order valence-corrected chi connectivity index (χ1v) is 11.5. The maximum atomic E-state index is 14.3. The summed E-state index contributed by atoms with van der Waals surface area (Å²) in [5.74, 6) is 2.54. The maximum Gasteiger partial charge on any atom is 0.225 e. The van der Waals surface area contributed by atoms with Gasteiger partial charge < -0.3 is 9.64 Å². The van der Waals surface area contributed by atoms with Crippen molar-refractivity contribution in [3.05, 3.63) is 53.1 Å². The van der Waals surface area contributed by atoms with E-state index >= 15 is 0 Å². The number of Topliss-reactive ketones (excluding diaryl/α,β-unsaturated/α-hetero) is 1. The number of piperidine rings is 1. The highest BCUT2D eigenvalue weighted by molar-refractivity contribution is 5.99. The number of ether oxygens (including phenoxy) is 1. The second-order valence-electron chi connectivity index (χ2n) is 9.51. The molecule has 2 unspecified atom stereocenters. The van der Waals surface area contributed by atoms with Crippen molar-refractivity contribution in [2.75, 3.05) is 24.6 Å². The Morgan fingerprint density at radius 3 is 2.58 bits per heavy atom. The normalized spacial score (nSPS) is 23.7. The summed E-state index contributed by atoms with van der Waals surface area (Å²) in [4.78, 5) is 23.3. The topological polar surface area (TPSA) is 55.3 Å². The van der Waals surface area contributed by atoms with Gasteiger partial charge in [-0.05, 0) is 80.0 Å². The predicted octanol–water partition coefficient (Wildman–Crippen LogP) is 4.59. The van der Waals surface area contributed by atoms with E-state index in [1.165, 1.54) is 25.3 Å². The number of aromatic nitrogens is 2. The number of hydrogen-bond acceptors (Lipinski definition) is 5. The van der Waals surface area contributed by atoms with Crippen LogP contribution >= 0.6 is 0 Å². The zero-order chi connectivity index (χ0) is 21.4. The second-order valence-corrected chi connectivity index (χ2v) is 9.51. The molecule has 0 radical (unpaired) electrons. The SMILES string of the molecule is Cc1cnc(N2CCC(C3CC3COCc3ccc(C(=O)C4CC4)c(F)c3)CC2)nc1. The highest BCUT2D eigenvalue weighted by Crippen LogP contribution is 2.48. The quantitative estimate of drug-likeness (QED) is 0.582. The van der Waals surface area contributed by atoms with E-state index in [-0.39, 0.29) is 17.3 Å². The van der Waals surface area contributed by atoms with Crippen molar-refractivity contribution in [1.29, 1.82) is 0 Å². The van der Waals surface area contributed by atoms with Crippen LogP contribution in [0.15, 0.2) is 30.6 Å². The van der Waals surface area contributed by atoms with Crippen molar-refractivity contribution in [1.82, 2.24) is 9.97 Å². The monoisotopic (exact) mass is 423 g/mol. The van der Waals surface area contributed by atoms with Crippen LogP contribution in [-0.4, -0.2) is 35.4 Å². The van der Waals surface area contributed by atoms with Crippen molar-refractivity contribution in [3.8, 4) is 0 Å². The molecule has 1 aromatic carbocycles. The lowest BCUT2D eigenvalue weighted by Crippen LogP contribution is -2.35. The first-order chi connectivity index (χ1) is 15.1. The molecule has 5 rings (SSSR count). The molecule has 2 heterocycles. The number of hydrogen-bond donors (Lipinski definition) is 0. The number of anilines is 1. The first-order valence-electron chi connectivity index (χ1n) is 11.5. The third-order valence-corrected chi connectivity index (χ3v) is 7.02. The molecule has 1 aromatic heterocycles. The van der Waals surface area contributed by atoms with Crippen LogP contribution in [0.2, 0.25) is 0 Å². The molecular formula is C25H30FN3O2. The van der Waals surface area contributed by atoms with Crippen molar-refractivity contribution >= 4 is 11.7 Å². The minimum absolute atomic E-state index is 0.0414. The molecule has 31 heavy (non-hydrogen) atoms. The van der Waals surface area contributed by atoms with Crippen molar-refractivity contribution in [3.63, 3.8) is 0 Å². The molecule has 2 aliphatic carbocycles. The lowest BCUT2D eigenvalue weighted by Gasteiger charge is -2.32. The van der Waals surface area contributed by atoms with Gasteiger partial charge in [-0.15, -0.1) is 0 Å². The van der Waals surface area contributed by atoms with Gasteiger partial charge in [-0.2, -0.15) is 0 Å². The van der Waals surface area contributed by atoms with Gasteiger partial charge in [-0.1, -0.05) is 6.07 Å². The van der Waals surface area contributed by atoms with Gasteiger partial charge in [-0.3, -0.25) is 4.79 Å². The van der Waals surface area contributed by atoms with Crippen molar-refractivity contribution in [2.24, 2.45) is 23.7 Å². The summed E-state index contributed by atoms with van der Waals surface area (Å²) in [6.07, 6.45) is 9.14. The van der Waals surface area contributed by atoms with Gasteiger partial charge in [0.1, 0.15) is 5.82 Å². The minimum Gasteiger partial charge on any atom is -0.376 e. The zero-order valence-corrected chi connectivity index (χ0v) is 18.1. The molecule has 3 fully saturated rings. The average Bonchev–Trinajstić information content (AvgIpc) is 3.69. The molecule has 1 aliphatic heterocycles. The van der Waals surface area contributed by atoms with Gasteiger partial charge in [0.05, 0.1) is 18.8 Å². The standard InChI is InChI=1S/C25H30FN3O2/c1-16-12-27-25(28-13-16)29-8-6-18(7-9-29)22-11-20(22)15-31-14-17-2-5-21(23(26)10-17)24(30)19-3-4-19/h2,5,10,12-13,18-20,22H,3-4,6-9,11,14-15H2,1H3. The van der Waals surface area contributed by atoms with E-state index in [1.807, 2.05) is 25.4 Å². The Hall–Kier alpha value is -2.34. The van der Waals surface area contributed by atoms with Gasteiger partial charge in [0.25, 0.3) is 0 Å². The van der Waals surface area contributed by atoms with E-state index < -0.39 is 5.82 Å². The van der Waals surface area contributed by atoms with Gasteiger partial charge in [0.15, 0.2) is 5.78 Å². The molecule has 5 nitrogen and oxygen atoms in total. The van der Waals surface area contributed by atoms with Crippen LogP contribution in [-0.2, 0) is 11.3 Å². The lowest BCUT2D eigenvalue weighted by atomic mass is 9.91. The number of ketones is 1. The summed E-state index contributed by atoms with van der Waals surface area (Å²) in [7, 11) is 0. The molecule has 0 amide bonds. The Bertz CT molecular complexity index is 936. The van der Waals surface area contributed by atoms with Gasteiger partial charge >= 0.3 is 0 Å². The van der Waals surface area contributed by atoms with Gasteiger partial charge in [0.2, 0.25) is 5.95 Å². The molecule has 2 atom stereocenters. The zero-order valence-electron chi connectivity index (χ0n) is 18.1. The number of carbonyl (C=O) groups is 1. The van der Waals surface area contributed by atoms with E-state index in [2.05, 4.69) is 14.9 Å². The number of carbonyl (C=O) groups excluding carboxylic acids is 1. The number of aryl methyl sites for hydroxylation is 1. The van der Waals surface area contributed by atoms with Crippen molar-refractivity contribution < 1.29 is 13.9 Å². The number of halogens is 1.